The Labute approximate surface area is 130 Å². The molecule has 0 radical (unpaired) electrons. The van der Waals surface area contributed by atoms with Gasteiger partial charge in [0.2, 0.25) is 10.0 Å². The van der Waals surface area contributed by atoms with Crippen LogP contribution in [0.5, 0.6) is 0 Å². The number of hydrogen-bond acceptors (Lipinski definition) is 3. The molecule has 1 aromatic carbocycles. The Balaban J connectivity index is 0.00000162. The Kier molecular flexibility index (Phi) is 5.64. The normalized spacial score (nSPS) is 16.2. The van der Waals surface area contributed by atoms with E-state index in [2.05, 4.69) is 37.2 Å². The van der Waals surface area contributed by atoms with E-state index >= 15 is 0 Å². The molecule has 0 aromatic heterocycles. The summed E-state index contributed by atoms with van der Waals surface area (Å²) < 4.78 is 27.5. The molecule has 8 heteroatoms. The van der Waals surface area contributed by atoms with Crippen molar-refractivity contribution in [3.63, 3.8) is 0 Å². The van der Waals surface area contributed by atoms with E-state index in [4.69, 9.17) is 0 Å². The average molecular weight is 421 g/mol. The standard InChI is InChI=1S/C10H12Br2N2O2S.ClH/c1-14(8-5-13-6-8)17(15,16)10-3-2-7(11)4-9(10)12;/h2-4,8,13H,5-6H2,1H3;1H. The van der Waals surface area contributed by atoms with Gasteiger partial charge in [0.05, 0.1) is 4.90 Å². The molecule has 102 valence electrons. The van der Waals surface area contributed by atoms with Gasteiger partial charge in [0.25, 0.3) is 0 Å². The summed E-state index contributed by atoms with van der Waals surface area (Å²) in [6.45, 7) is 1.42. The van der Waals surface area contributed by atoms with Crippen LogP contribution in [-0.2, 0) is 10.0 Å². The monoisotopic (exact) mass is 418 g/mol. The lowest BCUT2D eigenvalue weighted by Gasteiger charge is -2.34. The minimum absolute atomic E-state index is 0. The Morgan fingerprint density at radius 1 is 1.33 bits per heavy atom. The van der Waals surface area contributed by atoms with Gasteiger partial charge in [0.1, 0.15) is 0 Å². The van der Waals surface area contributed by atoms with Gasteiger partial charge < -0.3 is 5.32 Å². The second-order valence-electron chi connectivity index (χ2n) is 3.91. The number of halogens is 3. The van der Waals surface area contributed by atoms with Crippen LogP contribution in [0.1, 0.15) is 0 Å². The molecule has 1 fully saturated rings. The molecule has 18 heavy (non-hydrogen) atoms. The number of rotatable bonds is 3. The van der Waals surface area contributed by atoms with Gasteiger partial charge in [-0.25, -0.2) is 8.42 Å². The van der Waals surface area contributed by atoms with Crippen molar-refractivity contribution in [3.8, 4) is 0 Å². The zero-order valence-corrected chi connectivity index (χ0v) is 14.4. The Morgan fingerprint density at radius 3 is 2.39 bits per heavy atom. The van der Waals surface area contributed by atoms with Gasteiger partial charge in [-0.15, -0.1) is 12.4 Å². The van der Waals surface area contributed by atoms with Crippen molar-refractivity contribution in [1.29, 1.82) is 0 Å². The van der Waals surface area contributed by atoms with Gasteiger partial charge in [0, 0.05) is 35.1 Å². The second kappa shape index (κ2) is 6.19. The molecular weight excluding hydrogens is 407 g/mol. The lowest BCUT2D eigenvalue weighted by atomic mass is 10.2. The molecule has 2 rings (SSSR count). The fourth-order valence-corrected chi connectivity index (χ4v) is 4.62. The Hall–Kier alpha value is 0.340. The largest absolute Gasteiger partial charge is 0.313 e. The third kappa shape index (κ3) is 3.08. The topological polar surface area (TPSA) is 49.4 Å². The highest BCUT2D eigenvalue weighted by molar-refractivity contribution is 9.11. The summed E-state index contributed by atoms with van der Waals surface area (Å²) in [7, 11) is -1.80. The maximum Gasteiger partial charge on any atom is 0.244 e. The van der Waals surface area contributed by atoms with Crippen LogP contribution < -0.4 is 5.32 Å². The highest BCUT2D eigenvalue weighted by Crippen LogP contribution is 2.28. The molecule has 0 amide bonds. The van der Waals surface area contributed by atoms with Gasteiger partial charge in [-0.1, -0.05) is 15.9 Å². The lowest BCUT2D eigenvalue weighted by molar-refractivity contribution is 0.274. The summed E-state index contributed by atoms with van der Waals surface area (Å²) in [5.74, 6) is 0. The number of hydrogen-bond donors (Lipinski definition) is 1. The summed E-state index contributed by atoms with van der Waals surface area (Å²) in [6.07, 6.45) is 0. The van der Waals surface area contributed by atoms with Gasteiger partial charge >= 0.3 is 0 Å². The predicted octanol–water partition coefficient (Wildman–Crippen LogP) is 2.23. The smallest absolute Gasteiger partial charge is 0.244 e. The van der Waals surface area contributed by atoms with Crippen LogP contribution >= 0.6 is 44.3 Å². The lowest BCUT2D eigenvalue weighted by Crippen LogP contribution is -2.57. The number of sulfonamides is 1. The van der Waals surface area contributed by atoms with Gasteiger partial charge in [-0.05, 0) is 34.1 Å². The molecular formula is C10H13Br2ClN2O2S. The number of benzene rings is 1. The molecule has 0 atom stereocenters. The van der Waals surface area contributed by atoms with Crippen LogP contribution in [0, 0.1) is 0 Å². The molecule has 1 aromatic rings. The van der Waals surface area contributed by atoms with Gasteiger partial charge in [-0.2, -0.15) is 4.31 Å². The van der Waals surface area contributed by atoms with Crippen molar-refractivity contribution < 1.29 is 8.42 Å². The molecule has 1 aliphatic heterocycles. The Bertz CT molecular complexity index is 535. The average Bonchev–Trinajstić information content (AvgIpc) is 2.13. The van der Waals surface area contributed by atoms with Crippen molar-refractivity contribution in [1.82, 2.24) is 9.62 Å². The molecule has 0 aliphatic carbocycles. The van der Waals surface area contributed by atoms with Crippen molar-refractivity contribution in [2.24, 2.45) is 0 Å². The van der Waals surface area contributed by atoms with E-state index in [0.29, 0.717) is 22.5 Å². The first-order valence-electron chi connectivity index (χ1n) is 5.07. The first-order valence-corrected chi connectivity index (χ1v) is 8.09. The molecule has 0 spiro atoms. The summed E-state index contributed by atoms with van der Waals surface area (Å²) in [4.78, 5) is 0.301. The van der Waals surface area contributed by atoms with E-state index in [1.54, 1.807) is 25.2 Å². The number of nitrogens with zero attached hydrogens (tertiary/aromatic N) is 1. The fourth-order valence-electron chi connectivity index (χ4n) is 1.57. The second-order valence-corrected chi connectivity index (χ2v) is 7.64. The predicted molar refractivity (Wildman–Crippen MR) is 80.7 cm³/mol. The van der Waals surface area contributed by atoms with Crippen molar-refractivity contribution in [2.45, 2.75) is 10.9 Å². The summed E-state index contributed by atoms with van der Waals surface area (Å²) in [5.41, 5.74) is 0. The maximum absolute atomic E-state index is 12.4. The molecule has 1 aliphatic rings. The minimum Gasteiger partial charge on any atom is -0.313 e. The minimum atomic E-state index is -3.42. The number of nitrogens with one attached hydrogen (secondary N) is 1. The van der Waals surface area contributed by atoms with E-state index in [0.717, 1.165) is 4.47 Å². The zero-order valence-electron chi connectivity index (χ0n) is 9.56. The quantitative estimate of drug-likeness (QED) is 0.816. The van der Waals surface area contributed by atoms with Crippen molar-refractivity contribution in [3.05, 3.63) is 27.1 Å². The Morgan fingerprint density at radius 2 is 1.94 bits per heavy atom. The van der Waals surface area contributed by atoms with Gasteiger partial charge in [0.15, 0.2) is 0 Å². The van der Waals surface area contributed by atoms with Crippen molar-refractivity contribution in [2.75, 3.05) is 20.1 Å². The molecule has 4 nitrogen and oxygen atoms in total. The van der Waals surface area contributed by atoms with Crippen LogP contribution in [0.4, 0.5) is 0 Å². The SMILES string of the molecule is CN(C1CNC1)S(=O)(=O)c1ccc(Br)cc1Br.Cl. The zero-order chi connectivity index (χ0) is 12.6. The molecule has 1 heterocycles. The van der Waals surface area contributed by atoms with E-state index < -0.39 is 10.0 Å². The fraction of sp³-hybridized carbons (Fsp3) is 0.400. The third-order valence-corrected chi connectivity index (χ3v) is 6.21. The van der Waals surface area contributed by atoms with E-state index in [1.165, 1.54) is 4.31 Å². The first kappa shape index (κ1) is 16.4. The highest BCUT2D eigenvalue weighted by atomic mass is 79.9. The van der Waals surface area contributed by atoms with Crippen molar-refractivity contribution >= 4 is 54.3 Å². The number of likely N-dealkylation sites (N-methyl/N-ethyl adjacent to an activating group) is 1. The van der Waals surface area contributed by atoms with Crippen LogP contribution in [-0.4, -0.2) is 38.9 Å². The molecule has 1 N–H and O–H groups in total. The van der Waals surface area contributed by atoms with Crippen LogP contribution in [0.2, 0.25) is 0 Å². The summed E-state index contributed by atoms with van der Waals surface area (Å²) >= 11 is 6.59. The van der Waals surface area contributed by atoms with E-state index in [9.17, 15) is 8.42 Å². The van der Waals surface area contributed by atoms with Crippen LogP contribution in [0.15, 0.2) is 32.0 Å². The summed E-state index contributed by atoms with van der Waals surface area (Å²) in [6, 6.07) is 5.12. The van der Waals surface area contributed by atoms with Crippen LogP contribution in [0.3, 0.4) is 0 Å². The van der Waals surface area contributed by atoms with E-state index in [1.807, 2.05) is 0 Å². The highest BCUT2D eigenvalue weighted by Gasteiger charge is 2.32. The first-order chi connectivity index (χ1) is 7.93. The van der Waals surface area contributed by atoms with E-state index in [-0.39, 0.29) is 18.4 Å². The summed E-state index contributed by atoms with van der Waals surface area (Å²) in [5, 5.41) is 3.06. The third-order valence-electron chi connectivity index (χ3n) is 2.83. The van der Waals surface area contributed by atoms with Gasteiger partial charge in [-0.3, -0.25) is 0 Å². The van der Waals surface area contributed by atoms with Crippen LogP contribution in [0.25, 0.3) is 0 Å². The molecule has 0 saturated carbocycles. The maximum atomic E-state index is 12.4. The molecule has 1 saturated heterocycles. The molecule has 0 bridgehead atoms. The molecule has 0 unspecified atom stereocenters.